The van der Waals surface area contributed by atoms with E-state index in [0.717, 1.165) is 12.8 Å². The van der Waals surface area contributed by atoms with Gasteiger partial charge in [-0.2, -0.15) is 12.6 Å². The first kappa shape index (κ1) is 10.8. The van der Waals surface area contributed by atoms with Crippen molar-refractivity contribution in [2.45, 2.75) is 26.7 Å². The number of hydrogen-bond acceptors (Lipinski definition) is 3. The molecule has 0 aliphatic rings. The van der Waals surface area contributed by atoms with Gasteiger partial charge in [0.25, 0.3) is 0 Å². The van der Waals surface area contributed by atoms with Gasteiger partial charge >= 0.3 is 5.97 Å². The summed E-state index contributed by atoms with van der Waals surface area (Å²) in [5.74, 6) is 0.472. The summed E-state index contributed by atoms with van der Waals surface area (Å²) in [6.07, 6.45) is 1.88. The molecule has 0 heterocycles. The topological polar surface area (TPSA) is 26.3 Å². The van der Waals surface area contributed by atoms with Gasteiger partial charge in [-0.3, -0.25) is 4.79 Å². The highest BCUT2D eigenvalue weighted by molar-refractivity contribution is 7.80. The van der Waals surface area contributed by atoms with E-state index in [1.807, 2.05) is 6.92 Å². The molecule has 0 radical (unpaired) electrons. The smallest absolute Gasteiger partial charge is 0.309 e. The summed E-state index contributed by atoms with van der Waals surface area (Å²) < 4.78 is 4.86. The van der Waals surface area contributed by atoms with Gasteiger partial charge in [-0.05, 0) is 13.3 Å². The van der Waals surface area contributed by atoms with E-state index < -0.39 is 0 Å². The molecule has 3 heteroatoms. The predicted octanol–water partition coefficient (Wildman–Crippen LogP) is 1.90. The van der Waals surface area contributed by atoms with Crippen molar-refractivity contribution in [3.63, 3.8) is 0 Å². The molecule has 0 aromatic rings. The van der Waals surface area contributed by atoms with E-state index >= 15 is 0 Å². The molecular weight excluding hydrogens is 160 g/mol. The number of rotatable bonds is 5. The third kappa shape index (κ3) is 4.30. The van der Waals surface area contributed by atoms with Gasteiger partial charge in [0, 0.05) is 5.75 Å². The van der Waals surface area contributed by atoms with Gasteiger partial charge in [-0.15, -0.1) is 0 Å². The Morgan fingerprint density at radius 2 is 2.18 bits per heavy atom. The molecule has 11 heavy (non-hydrogen) atoms. The van der Waals surface area contributed by atoms with E-state index in [1.165, 1.54) is 0 Å². The summed E-state index contributed by atoms with van der Waals surface area (Å²) in [5, 5.41) is 0. The van der Waals surface area contributed by atoms with Crippen LogP contribution in [0.5, 0.6) is 0 Å². The Labute approximate surface area is 73.7 Å². The maximum Gasteiger partial charge on any atom is 0.309 e. The van der Waals surface area contributed by atoms with Crippen molar-refractivity contribution in [3.8, 4) is 0 Å². The predicted molar refractivity (Wildman–Crippen MR) is 48.9 cm³/mol. The molecule has 0 fully saturated rings. The molecule has 1 atom stereocenters. The van der Waals surface area contributed by atoms with Crippen LogP contribution >= 0.6 is 12.6 Å². The summed E-state index contributed by atoms with van der Waals surface area (Å²) in [6, 6.07) is 0. The van der Waals surface area contributed by atoms with E-state index in [2.05, 4.69) is 19.6 Å². The molecular formula is C8H16O2S. The molecule has 0 saturated carbocycles. The molecule has 66 valence electrons. The third-order valence-corrected chi connectivity index (χ3v) is 1.92. The zero-order valence-electron chi connectivity index (χ0n) is 7.17. The minimum atomic E-state index is -0.107. The highest BCUT2D eigenvalue weighted by Gasteiger charge is 2.15. The molecule has 0 aliphatic carbocycles. The van der Waals surface area contributed by atoms with Gasteiger partial charge in [0.05, 0.1) is 12.5 Å². The van der Waals surface area contributed by atoms with Crippen LogP contribution in [-0.2, 0) is 9.53 Å². The van der Waals surface area contributed by atoms with Crippen molar-refractivity contribution in [3.05, 3.63) is 0 Å². The highest BCUT2D eigenvalue weighted by atomic mass is 32.1. The number of carbonyl (C=O) groups is 1. The van der Waals surface area contributed by atoms with Gasteiger partial charge in [0.2, 0.25) is 0 Å². The standard InChI is InChI=1S/C8H16O2S/c1-3-5-7(6-11)8(9)10-4-2/h7,11H,3-6H2,1-2H3. The summed E-state index contributed by atoms with van der Waals surface area (Å²) in [6.45, 7) is 4.34. The SMILES string of the molecule is CCCC(CS)C(=O)OCC. The number of thiol groups is 1. The summed E-state index contributed by atoms with van der Waals surface area (Å²) in [7, 11) is 0. The maximum absolute atomic E-state index is 11.1. The van der Waals surface area contributed by atoms with Gasteiger partial charge < -0.3 is 4.74 Å². The lowest BCUT2D eigenvalue weighted by Crippen LogP contribution is -2.18. The van der Waals surface area contributed by atoms with Crippen LogP contribution in [0.4, 0.5) is 0 Å². The molecule has 0 aliphatic heterocycles. The first-order valence-electron chi connectivity index (χ1n) is 4.03. The van der Waals surface area contributed by atoms with Crippen LogP contribution in [0.1, 0.15) is 26.7 Å². The highest BCUT2D eigenvalue weighted by Crippen LogP contribution is 2.09. The molecule has 0 N–H and O–H groups in total. The van der Waals surface area contributed by atoms with Crippen molar-refractivity contribution >= 4 is 18.6 Å². The monoisotopic (exact) mass is 176 g/mol. The van der Waals surface area contributed by atoms with Gasteiger partial charge in [0.15, 0.2) is 0 Å². The minimum absolute atomic E-state index is 0.0108. The van der Waals surface area contributed by atoms with Crippen LogP contribution in [0.2, 0.25) is 0 Å². The van der Waals surface area contributed by atoms with E-state index in [1.54, 1.807) is 0 Å². The van der Waals surface area contributed by atoms with Crippen LogP contribution in [0.3, 0.4) is 0 Å². The molecule has 0 spiro atoms. The fourth-order valence-electron chi connectivity index (χ4n) is 0.892. The second kappa shape index (κ2) is 6.53. The Bertz CT molecular complexity index is 115. The normalized spacial score (nSPS) is 12.6. The molecule has 2 nitrogen and oxygen atoms in total. The first-order chi connectivity index (χ1) is 5.26. The second-order valence-corrected chi connectivity index (χ2v) is 2.79. The molecule has 0 bridgehead atoms. The molecule has 0 saturated heterocycles. The number of esters is 1. The first-order valence-corrected chi connectivity index (χ1v) is 4.66. The summed E-state index contributed by atoms with van der Waals surface area (Å²) in [5.41, 5.74) is 0. The van der Waals surface area contributed by atoms with Crippen LogP contribution in [0, 0.1) is 5.92 Å². The Morgan fingerprint density at radius 3 is 2.55 bits per heavy atom. The molecule has 1 unspecified atom stereocenters. The average Bonchev–Trinajstić information content (AvgIpc) is 2.00. The van der Waals surface area contributed by atoms with Crippen molar-refractivity contribution in [2.75, 3.05) is 12.4 Å². The van der Waals surface area contributed by atoms with E-state index in [0.29, 0.717) is 12.4 Å². The van der Waals surface area contributed by atoms with Crippen LogP contribution < -0.4 is 0 Å². The van der Waals surface area contributed by atoms with Gasteiger partial charge in [-0.1, -0.05) is 13.3 Å². The van der Waals surface area contributed by atoms with Gasteiger partial charge in [-0.25, -0.2) is 0 Å². The molecule has 0 rings (SSSR count). The summed E-state index contributed by atoms with van der Waals surface area (Å²) >= 11 is 4.08. The lowest BCUT2D eigenvalue weighted by molar-refractivity contribution is -0.147. The third-order valence-electron chi connectivity index (χ3n) is 1.48. The second-order valence-electron chi connectivity index (χ2n) is 2.42. The Balaban J connectivity index is 3.71. The number of hydrogen-bond donors (Lipinski definition) is 1. The van der Waals surface area contributed by atoms with E-state index in [-0.39, 0.29) is 11.9 Å². The van der Waals surface area contributed by atoms with Crippen LogP contribution in [0.25, 0.3) is 0 Å². The zero-order chi connectivity index (χ0) is 8.69. The van der Waals surface area contributed by atoms with Crippen molar-refractivity contribution in [1.29, 1.82) is 0 Å². The fourth-order valence-corrected chi connectivity index (χ4v) is 1.22. The summed E-state index contributed by atoms with van der Waals surface area (Å²) in [4.78, 5) is 11.1. The van der Waals surface area contributed by atoms with Crippen molar-refractivity contribution < 1.29 is 9.53 Å². The zero-order valence-corrected chi connectivity index (χ0v) is 8.06. The number of ether oxygens (including phenoxy) is 1. The lowest BCUT2D eigenvalue weighted by Gasteiger charge is -2.10. The Kier molecular flexibility index (Phi) is 6.42. The Hall–Kier alpha value is -0.180. The van der Waals surface area contributed by atoms with Crippen LogP contribution in [-0.4, -0.2) is 18.3 Å². The Morgan fingerprint density at radius 1 is 1.55 bits per heavy atom. The molecule has 0 amide bonds. The maximum atomic E-state index is 11.1. The number of carbonyl (C=O) groups excluding carboxylic acids is 1. The van der Waals surface area contributed by atoms with Crippen molar-refractivity contribution in [2.24, 2.45) is 5.92 Å². The lowest BCUT2D eigenvalue weighted by atomic mass is 10.1. The van der Waals surface area contributed by atoms with Crippen molar-refractivity contribution in [1.82, 2.24) is 0 Å². The quantitative estimate of drug-likeness (QED) is 0.511. The average molecular weight is 176 g/mol. The minimum Gasteiger partial charge on any atom is -0.466 e. The molecule has 0 aromatic heterocycles. The van der Waals surface area contributed by atoms with Gasteiger partial charge in [0.1, 0.15) is 0 Å². The van der Waals surface area contributed by atoms with E-state index in [9.17, 15) is 4.79 Å². The van der Waals surface area contributed by atoms with E-state index in [4.69, 9.17) is 4.74 Å². The van der Waals surface area contributed by atoms with Crippen LogP contribution in [0.15, 0.2) is 0 Å². The molecule has 0 aromatic carbocycles. The fraction of sp³-hybridized carbons (Fsp3) is 0.875. The largest absolute Gasteiger partial charge is 0.466 e.